The van der Waals surface area contributed by atoms with Gasteiger partial charge in [0.25, 0.3) is 0 Å². The molecule has 130 valence electrons. The molecule has 0 aliphatic carbocycles. The largest absolute Gasteiger partial charge is 0.352 e. The van der Waals surface area contributed by atoms with Gasteiger partial charge >= 0.3 is 0 Å². The molecular formula is C21H25N3O. The van der Waals surface area contributed by atoms with Gasteiger partial charge in [-0.3, -0.25) is 4.79 Å². The molecule has 0 spiro atoms. The van der Waals surface area contributed by atoms with E-state index in [0.717, 1.165) is 12.1 Å². The number of amides is 1. The van der Waals surface area contributed by atoms with Gasteiger partial charge in [-0.2, -0.15) is 0 Å². The smallest absolute Gasteiger partial charge is 0.222 e. The molecule has 0 radical (unpaired) electrons. The van der Waals surface area contributed by atoms with Gasteiger partial charge in [0.15, 0.2) is 0 Å². The van der Waals surface area contributed by atoms with Crippen LogP contribution < -0.4 is 5.32 Å². The summed E-state index contributed by atoms with van der Waals surface area (Å²) < 4.78 is 2.13. The average Bonchev–Trinajstić information content (AvgIpc) is 3.02. The summed E-state index contributed by atoms with van der Waals surface area (Å²) in [5, 5.41) is 4.22. The molecular weight excluding hydrogens is 310 g/mol. The fourth-order valence-corrected chi connectivity index (χ4v) is 2.97. The quantitative estimate of drug-likeness (QED) is 0.718. The lowest BCUT2D eigenvalue weighted by Crippen LogP contribution is -2.23. The van der Waals surface area contributed by atoms with Crippen LogP contribution in [0.15, 0.2) is 60.8 Å². The molecule has 0 aliphatic heterocycles. The van der Waals surface area contributed by atoms with Gasteiger partial charge in [0.05, 0.1) is 0 Å². The Hall–Kier alpha value is -2.59. The fourth-order valence-electron chi connectivity index (χ4n) is 2.97. The SMILES string of the molecule is CN(C)Cc1ccc(CNC(=O)CCn2ccc3ccccc32)cc1. The number of aromatic nitrogens is 1. The van der Waals surface area contributed by atoms with Crippen LogP contribution in [0.5, 0.6) is 0 Å². The highest BCUT2D eigenvalue weighted by atomic mass is 16.1. The number of hydrogen-bond acceptors (Lipinski definition) is 2. The predicted octanol–water partition coefficient (Wildman–Crippen LogP) is 3.41. The zero-order valence-electron chi connectivity index (χ0n) is 14.9. The van der Waals surface area contributed by atoms with Gasteiger partial charge in [0.1, 0.15) is 0 Å². The van der Waals surface area contributed by atoms with Crippen molar-refractivity contribution in [2.24, 2.45) is 0 Å². The van der Waals surface area contributed by atoms with Gasteiger partial charge in [0, 0.05) is 37.8 Å². The molecule has 2 aromatic carbocycles. The zero-order valence-corrected chi connectivity index (χ0v) is 14.9. The molecule has 0 unspecified atom stereocenters. The van der Waals surface area contributed by atoms with Crippen LogP contribution in [-0.4, -0.2) is 29.5 Å². The van der Waals surface area contributed by atoms with Crippen molar-refractivity contribution in [3.8, 4) is 0 Å². The molecule has 25 heavy (non-hydrogen) atoms. The van der Waals surface area contributed by atoms with E-state index in [2.05, 4.69) is 71.3 Å². The second-order valence-corrected chi connectivity index (χ2v) is 6.65. The van der Waals surface area contributed by atoms with Crippen molar-refractivity contribution in [1.29, 1.82) is 0 Å². The fraction of sp³-hybridized carbons (Fsp3) is 0.286. The minimum absolute atomic E-state index is 0.0788. The van der Waals surface area contributed by atoms with Crippen molar-refractivity contribution < 1.29 is 4.79 Å². The normalized spacial score (nSPS) is 11.2. The minimum atomic E-state index is 0.0788. The average molecular weight is 335 g/mol. The van der Waals surface area contributed by atoms with E-state index in [0.29, 0.717) is 19.5 Å². The van der Waals surface area contributed by atoms with Crippen LogP contribution in [0, 0.1) is 0 Å². The van der Waals surface area contributed by atoms with E-state index in [9.17, 15) is 4.79 Å². The Bertz CT molecular complexity index is 834. The summed E-state index contributed by atoms with van der Waals surface area (Å²) in [7, 11) is 4.12. The Morgan fingerprint density at radius 2 is 1.72 bits per heavy atom. The first-order chi connectivity index (χ1) is 12.1. The monoisotopic (exact) mass is 335 g/mol. The molecule has 1 amide bonds. The van der Waals surface area contributed by atoms with E-state index in [4.69, 9.17) is 0 Å². The van der Waals surface area contributed by atoms with Crippen molar-refractivity contribution in [2.45, 2.75) is 26.1 Å². The highest BCUT2D eigenvalue weighted by molar-refractivity contribution is 5.80. The Kier molecular flexibility index (Phi) is 5.51. The van der Waals surface area contributed by atoms with Crippen molar-refractivity contribution in [2.75, 3.05) is 14.1 Å². The molecule has 1 N–H and O–H groups in total. The molecule has 4 nitrogen and oxygen atoms in total. The first kappa shape index (κ1) is 17.2. The topological polar surface area (TPSA) is 37.3 Å². The van der Waals surface area contributed by atoms with Gasteiger partial charge in [-0.05, 0) is 42.7 Å². The van der Waals surface area contributed by atoms with Crippen LogP contribution in [-0.2, 0) is 24.4 Å². The van der Waals surface area contributed by atoms with E-state index >= 15 is 0 Å². The van der Waals surface area contributed by atoms with Crippen molar-refractivity contribution in [3.05, 3.63) is 71.9 Å². The second-order valence-electron chi connectivity index (χ2n) is 6.65. The maximum absolute atomic E-state index is 12.1. The van der Waals surface area contributed by atoms with Crippen LogP contribution in [0.2, 0.25) is 0 Å². The maximum atomic E-state index is 12.1. The zero-order chi connectivity index (χ0) is 17.6. The van der Waals surface area contributed by atoms with Gasteiger partial charge in [0.2, 0.25) is 5.91 Å². The number of hydrogen-bond donors (Lipinski definition) is 1. The molecule has 0 saturated heterocycles. The number of para-hydroxylation sites is 1. The third kappa shape index (κ3) is 4.70. The summed E-state index contributed by atoms with van der Waals surface area (Å²) in [6.07, 6.45) is 2.53. The van der Waals surface area contributed by atoms with Gasteiger partial charge in [-0.15, -0.1) is 0 Å². The van der Waals surface area contributed by atoms with Crippen LogP contribution >= 0.6 is 0 Å². The van der Waals surface area contributed by atoms with E-state index in [1.165, 1.54) is 16.5 Å². The molecule has 0 bridgehead atoms. The van der Waals surface area contributed by atoms with E-state index in [1.54, 1.807) is 0 Å². The number of carbonyl (C=O) groups excluding carboxylic acids is 1. The van der Waals surface area contributed by atoms with Gasteiger partial charge in [-0.1, -0.05) is 42.5 Å². The minimum Gasteiger partial charge on any atom is -0.352 e. The second kappa shape index (κ2) is 7.99. The van der Waals surface area contributed by atoms with Crippen molar-refractivity contribution >= 4 is 16.8 Å². The Morgan fingerprint density at radius 1 is 1.00 bits per heavy atom. The lowest BCUT2D eigenvalue weighted by atomic mass is 10.1. The Morgan fingerprint density at radius 3 is 2.48 bits per heavy atom. The third-order valence-electron chi connectivity index (χ3n) is 4.27. The Labute approximate surface area is 149 Å². The predicted molar refractivity (Wildman–Crippen MR) is 102 cm³/mol. The molecule has 1 heterocycles. The lowest BCUT2D eigenvalue weighted by Gasteiger charge is -2.11. The van der Waals surface area contributed by atoms with Crippen LogP contribution in [0.1, 0.15) is 17.5 Å². The van der Waals surface area contributed by atoms with Crippen molar-refractivity contribution in [3.63, 3.8) is 0 Å². The first-order valence-electron chi connectivity index (χ1n) is 8.65. The molecule has 1 aromatic heterocycles. The molecule has 0 atom stereocenters. The maximum Gasteiger partial charge on any atom is 0.222 e. The third-order valence-corrected chi connectivity index (χ3v) is 4.27. The molecule has 0 aliphatic rings. The summed E-state index contributed by atoms with van der Waals surface area (Å²) in [5.41, 5.74) is 3.58. The van der Waals surface area contributed by atoms with E-state index < -0.39 is 0 Å². The number of nitrogens with one attached hydrogen (secondary N) is 1. The summed E-state index contributed by atoms with van der Waals surface area (Å²) in [4.78, 5) is 14.3. The number of fused-ring (bicyclic) bond motifs is 1. The number of rotatable bonds is 7. The van der Waals surface area contributed by atoms with Crippen LogP contribution in [0.3, 0.4) is 0 Å². The van der Waals surface area contributed by atoms with Crippen molar-refractivity contribution in [1.82, 2.24) is 14.8 Å². The summed E-state index contributed by atoms with van der Waals surface area (Å²) in [6.45, 7) is 2.20. The summed E-state index contributed by atoms with van der Waals surface area (Å²) in [5.74, 6) is 0.0788. The Balaban J connectivity index is 1.48. The molecule has 3 rings (SSSR count). The molecule has 0 fully saturated rings. The highest BCUT2D eigenvalue weighted by Gasteiger charge is 2.05. The first-order valence-corrected chi connectivity index (χ1v) is 8.65. The number of aryl methyl sites for hydroxylation is 1. The summed E-state index contributed by atoms with van der Waals surface area (Å²) >= 11 is 0. The van der Waals surface area contributed by atoms with E-state index in [1.807, 2.05) is 18.3 Å². The number of nitrogens with zero attached hydrogens (tertiary/aromatic N) is 2. The lowest BCUT2D eigenvalue weighted by molar-refractivity contribution is -0.121. The number of carbonyl (C=O) groups is 1. The van der Waals surface area contributed by atoms with Crippen LogP contribution in [0.25, 0.3) is 10.9 Å². The van der Waals surface area contributed by atoms with E-state index in [-0.39, 0.29) is 5.91 Å². The molecule has 4 heteroatoms. The van der Waals surface area contributed by atoms with Gasteiger partial charge < -0.3 is 14.8 Å². The molecule has 3 aromatic rings. The van der Waals surface area contributed by atoms with Crippen LogP contribution in [0.4, 0.5) is 0 Å². The van der Waals surface area contributed by atoms with Gasteiger partial charge in [-0.25, -0.2) is 0 Å². The number of benzene rings is 2. The summed E-state index contributed by atoms with van der Waals surface area (Å²) in [6, 6.07) is 18.7. The standard InChI is InChI=1S/C21H25N3O/c1-23(2)16-18-9-7-17(8-10-18)15-22-21(25)12-14-24-13-11-19-5-3-4-6-20(19)24/h3-11,13H,12,14-16H2,1-2H3,(H,22,25). The highest BCUT2D eigenvalue weighted by Crippen LogP contribution is 2.15. The molecule has 0 saturated carbocycles.